The van der Waals surface area contributed by atoms with Crippen molar-refractivity contribution in [2.24, 2.45) is 0 Å². The molecule has 0 N–H and O–H groups in total. The number of ether oxygens (including phenoxy) is 1. The van der Waals surface area contributed by atoms with Crippen LogP contribution in [0.4, 0.5) is 5.69 Å². The molecule has 2 aromatic carbocycles. The van der Waals surface area contributed by atoms with Crippen molar-refractivity contribution in [3.05, 3.63) is 52.7 Å². The molecule has 0 aromatic heterocycles. The van der Waals surface area contributed by atoms with Crippen molar-refractivity contribution in [2.75, 3.05) is 24.6 Å². The standard InChI is InChI=1S/C23H22N2O4/c1-4-25(5-2)15-6-9-19-21(10-15)29-22-12-20(27)17-8-7-16(28-13-14(3)26)11-18(17)23(22)24-19/h6-12H,4-5,13H2,1-3H3. The molecule has 29 heavy (non-hydrogen) atoms. The number of ketones is 1. The number of hydrogen-bond acceptors (Lipinski definition) is 6. The molecule has 0 saturated heterocycles. The van der Waals surface area contributed by atoms with E-state index in [-0.39, 0.29) is 17.8 Å². The van der Waals surface area contributed by atoms with Gasteiger partial charge in [0, 0.05) is 41.7 Å². The number of rotatable bonds is 6. The maximum absolute atomic E-state index is 12.6. The third-order valence-electron chi connectivity index (χ3n) is 4.97. The number of benzene rings is 3. The summed E-state index contributed by atoms with van der Waals surface area (Å²) < 4.78 is 11.6. The van der Waals surface area contributed by atoms with Crippen molar-refractivity contribution in [3.63, 3.8) is 0 Å². The molecular formula is C23H22N2O4. The van der Waals surface area contributed by atoms with Gasteiger partial charge in [0.25, 0.3) is 0 Å². The number of nitrogens with zero attached hydrogens (tertiary/aromatic N) is 2. The van der Waals surface area contributed by atoms with Crippen LogP contribution in [-0.4, -0.2) is 30.5 Å². The van der Waals surface area contributed by atoms with Gasteiger partial charge in [-0.25, -0.2) is 4.98 Å². The maximum atomic E-state index is 12.6. The van der Waals surface area contributed by atoms with E-state index in [0.717, 1.165) is 18.8 Å². The van der Waals surface area contributed by atoms with Crippen LogP contribution >= 0.6 is 0 Å². The molecule has 148 valence electrons. The minimum absolute atomic E-state index is 0.0185. The SMILES string of the molecule is CCN(CC)c1ccc2nc3c4cc(OCC(C)=O)ccc4c(=O)cc-3oc2c1. The summed E-state index contributed by atoms with van der Waals surface area (Å²) >= 11 is 0. The van der Waals surface area contributed by atoms with Crippen molar-refractivity contribution < 1.29 is 13.9 Å². The number of hydrogen-bond donors (Lipinski definition) is 0. The molecule has 0 unspecified atom stereocenters. The monoisotopic (exact) mass is 390 g/mol. The Balaban J connectivity index is 1.91. The zero-order valence-corrected chi connectivity index (χ0v) is 16.7. The number of Topliss-reactive ketones (excluding diaryl/α,β-unsaturated/α-hetero) is 1. The van der Waals surface area contributed by atoms with Crippen molar-refractivity contribution in [3.8, 4) is 17.2 Å². The summed E-state index contributed by atoms with van der Waals surface area (Å²) in [4.78, 5) is 30.8. The molecule has 6 heteroatoms. The summed E-state index contributed by atoms with van der Waals surface area (Å²) in [5.74, 6) is 0.865. The van der Waals surface area contributed by atoms with E-state index in [1.54, 1.807) is 18.2 Å². The van der Waals surface area contributed by atoms with E-state index >= 15 is 0 Å². The van der Waals surface area contributed by atoms with E-state index in [9.17, 15) is 9.59 Å². The lowest BCUT2D eigenvalue weighted by Crippen LogP contribution is -2.21. The Bertz CT molecular complexity index is 1240. The third-order valence-corrected chi connectivity index (χ3v) is 4.97. The van der Waals surface area contributed by atoms with Crippen LogP contribution in [-0.2, 0) is 4.79 Å². The van der Waals surface area contributed by atoms with E-state index in [0.29, 0.717) is 39.1 Å². The summed E-state index contributed by atoms with van der Waals surface area (Å²) in [6.07, 6.45) is 0. The quantitative estimate of drug-likeness (QED) is 0.362. The Morgan fingerprint density at radius 3 is 2.59 bits per heavy atom. The second kappa shape index (κ2) is 7.54. The van der Waals surface area contributed by atoms with Crippen LogP contribution in [0.5, 0.6) is 5.75 Å². The molecule has 0 atom stereocenters. The van der Waals surface area contributed by atoms with Gasteiger partial charge in [0.05, 0.1) is 0 Å². The Morgan fingerprint density at radius 2 is 1.86 bits per heavy atom. The Morgan fingerprint density at radius 1 is 1.07 bits per heavy atom. The number of carbonyl (C=O) groups is 1. The molecule has 2 aromatic rings. The first-order valence-electron chi connectivity index (χ1n) is 9.68. The fourth-order valence-electron chi connectivity index (χ4n) is 3.50. The Labute approximate surface area is 168 Å². The average Bonchev–Trinajstić information content (AvgIpc) is 2.72. The number of fused-ring (bicyclic) bond motifs is 4. The van der Waals surface area contributed by atoms with Crippen molar-refractivity contribution in [2.45, 2.75) is 20.8 Å². The van der Waals surface area contributed by atoms with Gasteiger partial charge in [-0.15, -0.1) is 0 Å². The number of anilines is 1. The van der Waals surface area contributed by atoms with Crippen LogP contribution < -0.4 is 15.1 Å². The molecule has 0 amide bonds. The smallest absolute Gasteiger partial charge is 0.190 e. The highest BCUT2D eigenvalue weighted by Crippen LogP contribution is 2.33. The van der Waals surface area contributed by atoms with Crippen LogP contribution in [0.15, 0.2) is 51.7 Å². The molecule has 6 nitrogen and oxygen atoms in total. The summed E-state index contributed by atoms with van der Waals surface area (Å²) in [7, 11) is 0. The zero-order chi connectivity index (χ0) is 20.5. The van der Waals surface area contributed by atoms with Crippen molar-refractivity contribution >= 4 is 33.3 Å². The lowest BCUT2D eigenvalue weighted by molar-refractivity contribution is -0.118. The molecule has 0 saturated carbocycles. The summed E-state index contributed by atoms with van der Waals surface area (Å²) in [6, 6.07) is 12.5. The summed E-state index contributed by atoms with van der Waals surface area (Å²) in [5.41, 5.74) is 2.84. The van der Waals surface area contributed by atoms with E-state index in [4.69, 9.17) is 14.1 Å². The predicted molar refractivity (Wildman–Crippen MR) is 114 cm³/mol. The minimum Gasteiger partial charge on any atom is -0.486 e. The van der Waals surface area contributed by atoms with Crippen molar-refractivity contribution in [1.29, 1.82) is 0 Å². The van der Waals surface area contributed by atoms with Crippen LogP contribution in [0.1, 0.15) is 20.8 Å². The van der Waals surface area contributed by atoms with Gasteiger partial charge >= 0.3 is 0 Å². The molecule has 0 spiro atoms. The maximum Gasteiger partial charge on any atom is 0.190 e. The van der Waals surface area contributed by atoms with E-state index in [2.05, 4.69) is 18.7 Å². The summed E-state index contributed by atoms with van der Waals surface area (Å²) in [5, 5.41) is 1.18. The minimum atomic E-state index is -0.143. The van der Waals surface area contributed by atoms with Crippen LogP contribution in [0.25, 0.3) is 33.3 Å². The third kappa shape index (κ3) is 3.53. The van der Waals surface area contributed by atoms with E-state index in [1.165, 1.54) is 13.0 Å². The lowest BCUT2D eigenvalue weighted by Gasteiger charge is -2.21. The van der Waals surface area contributed by atoms with Gasteiger partial charge in [0.2, 0.25) is 0 Å². The highest BCUT2D eigenvalue weighted by Gasteiger charge is 2.17. The van der Waals surface area contributed by atoms with Crippen molar-refractivity contribution in [1.82, 2.24) is 4.98 Å². The first-order valence-corrected chi connectivity index (χ1v) is 9.68. The number of aromatic nitrogens is 1. The highest BCUT2D eigenvalue weighted by molar-refractivity contribution is 5.97. The molecule has 0 fully saturated rings. The second-order valence-corrected chi connectivity index (χ2v) is 6.96. The van der Waals surface area contributed by atoms with Gasteiger partial charge in [0.1, 0.15) is 23.6 Å². The van der Waals surface area contributed by atoms with E-state index < -0.39 is 0 Å². The van der Waals surface area contributed by atoms with Crippen LogP contribution in [0.3, 0.4) is 0 Å². The second-order valence-electron chi connectivity index (χ2n) is 6.96. The zero-order valence-electron chi connectivity index (χ0n) is 16.7. The summed E-state index contributed by atoms with van der Waals surface area (Å²) in [6.45, 7) is 7.43. The van der Waals surface area contributed by atoms with Gasteiger partial charge in [-0.3, -0.25) is 9.59 Å². The van der Waals surface area contributed by atoms with Gasteiger partial charge in [-0.1, -0.05) is 0 Å². The van der Waals surface area contributed by atoms with Gasteiger partial charge < -0.3 is 14.1 Å². The van der Waals surface area contributed by atoms with Gasteiger partial charge in [-0.05, 0) is 51.1 Å². The van der Waals surface area contributed by atoms with Gasteiger partial charge in [-0.2, -0.15) is 0 Å². The first kappa shape index (κ1) is 18.9. The Hall–Kier alpha value is -3.41. The fraction of sp³-hybridized carbons (Fsp3) is 0.261. The average molecular weight is 390 g/mol. The molecular weight excluding hydrogens is 368 g/mol. The normalized spacial score (nSPS) is 11.3. The highest BCUT2D eigenvalue weighted by atomic mass is 16.5. The van der Waals surface area contributed by atoms with Crippen LogP contribution in [0, 0.1) is 0 Å². The molecule has 0 radical (unpaired) electrons. The molecule has 4 rings (SSSR count). The Kier molecular flexibility index (Phi) is 4.92. The molecule has 2 aliphatic rings. The molecule has 1 aliphatic carbocycles. The van der Waals surface area contributed by atoms with E-state index in [1.807, 2.05) is 18.2 Å². The fourth-order valence-corrected chi connectivity index (χ4v) is 3.50. The molecule has 0 bridgehead atoms. The first-order chi connectivity index (χ1) is 14.0. The lowest BCUT2D eigenvalue weighted by atomic mass is 10.0. The largest absolute Gasteiger partial charge is 0.486 e. The number of carbonyl (C=O) groups excluding carboxylic acids is 1. The van der Waals surface area contributed by atoms with Crippen LogP contribution in [0.2, 0.25) is 0 Å². The molecule has 1 aliphatic heterocycles. The van der Waals surface area contributed by atoms with Gasteiger partial charge in [0.15, 0.2) is 22.6 Å². The molecule has 1 heterocycles. The topological polar surface area (TPSA) is 72.6 Å². The predicted octanol–water partition coefficient (Wildman–Crippen LogP) is 4.26.